The van der Waals surface area contributed by atoms with Crippen molar-refractivity contribution in [2.45, 2.75) is 43.5 Å². The number of ether oxygens (including phenoxy) is 3. The molecule has 1 aliphatic heterocycles. The number of halogens is 3. The first kappa shape index (κ1) is 27.1. The Morgan fingerprint density at radius 3 is 2.37 bits per heavy atom. The number of nitrogens with zero attached hydrogens (tertiary/aromatic N) is 1. The van der Waals surface area contributed by atoms with Crippen molar-refractivity contribution in [2.24, 2.45) is 11.7 Å². The van der Waals surface area contributed by atoms with Gasteiger partial charge in [-0.15, -0.1) is 0 Å². The van der Waals surface area contributed by atoms with Gasteiger partial charge in [-0.2, -0.15) is 17.5 Å². The van der Waals surface area contributed by atoms with Gasteiger partial charge in [0.2, 0.25) is 16.8 Å². The molecule has 2 aromatic rings. The maximum Gasteiger partial charge on any atom is 0.422 e. The summed E-state index contributed by atoms with van der Waals surface area (Å²) in [5.74, 6) is 0.816. The normalized spacial score (nSPS) is 15.5. The van der Waals surface area contributed by atoms with Crippen LogP contribution in [0.15, 0.2) is 47.4 Å². The Bertz CT molecular complexity index is 1090. The van der Waals surface area contributed by atoms with E-state index in [1.54, 1.807) is 12.1 Å². The Morgan fingerprint density at radius 2 is 1.74 bits per heavy atom. The van der Waals surface area contributed by atoms with Crippen molar-refractivity contribution in [3.05, 3.63) is 48.0 Å². The second-order valence-electron chi connectivity index (χ2n) is 8.71. The van der Waals surface area contributed by atoms with E-state index in [0.717, 1.165) is 0 Å². The predicted molar refractivity (Wildman–Crippen MR) is 122 cm³/mol. The smallest absolute Gasteiger partial charge is 0.422 e. The van der Waals surface area contributed by atoms with Crippen LogP contribution in [0.1, 0.15) is 19.4 Å². The summed E-state index contributed by atoms with van der Waals surface area (Å²) < 4.78 is 79.9. The van der Waals surface area contributed by atoms with Crippen molar-refractivity contribution in [3.8, 4) is 17.2 Å². The molecule has 0 aromatic heterocycles. The molecule has 0 fully saturated rings. The molecular formula is C23H29F3N2O6S. The van der Waals surface area contributed by atoms with E-state index in [-0.39, 0.29) is 42.9 Å². The SMILES string of the molecule is CC(C)CN(CC(O)[C@@H](N)Cc1ccc(OCC(F)(F)F)cc1)S(=O)(=O)c1ccc2c(c1)OCO2. The number of hydrogen-bond donors (Lipinski definition) is 2. The van der Waals surface area contributed by atoms with Gasteiger partial charge in [-0.25, -0.2) is 8.42 Å². The molecule has 35 heavy (non-hydrogen) atoms. The van der Waals surface area contributed by atoms with Crippen molar-refractivity contribution >= 4 is 10.0 Å². The first-order chi connectivity index (χ1) is 16.3. The molecule has 0 spiro atoms. The summed E-state index contributed by atoms with van der Waals surface area (Å²) in [6, 6.07) is 9.38. The van der Waals surface area contributed by atoms with Gasteiger partial charge in [-0.3, -0.25) is 0 Å². The summed E-state index contributed by atoms with van der Waals surface area (Å²) in [6.45, 7) is 2.26. The molecule has 12 heteroatoms. The fourth-order valence-electron chi connectivity index (χ4n) is 3.50. The Kier molecular flexibility index (Phi) is 8.52. The number of alkyl halides is 3. The largest absolute Gasteiger partial charge is 0.484 e. The van der Waals surface area contributed by atoms with E-state index in [1.165, 1.54) is 34.6 Å². The van der Waals surface area contributed by atoms with Crippen LogP contribution in [0.3, 0.4) is 0 Å². The monoisotopic (exact) mass is 518 g/mol. The molecule has 8 nitrogen and oxygen atoms in total. The van der Waals surface area contributed by atoms with Crippen molar-refractivity contribution < 1.29 is 40.9 Å². The van der Waals surface area contributed by atoms with E-state index in [2.05, 4.69) is 4.74 Å². The fraction of sp³-hybridized carbons (Fsp3) is 0.478. The summed E-state index contributed by atoms with van der Waals surface area (Å²) in [6.07, 6.45) is -5.45. The highest BCUT2D eigenvalue weighted by Crippen LogP contribution is 2.34. The zero-order valence-electron chi connectivity index (χ0n) is 19.4. The van der Waals surface area contributed by atoms with Crippen LogP contribution in [0.4, 0.5) is 13.2 Å². The third-order valence-electron chi connectivity index (χ3n) is 5.23. The van der Waals surface area contributed by atoms with Gasteiger partial charge < -0.3 is 25.1 Å². The number of nitrogens with two attached hydrogens (primary N) is 1. The van der Waals surface area contributed by atoms with Gasteiger partial charge in [0.1, 0.15) is 5.75 Å². The van der Waals surface area contributed by atoms with E-state index in [9.17, 15) is 26.7 Å². The van der Waals surface area contributed by atoms with Crippen LogP contribution in [0, 0.1) is 5.92 Å². The third-order valence-corrected chi connectivity index (χ3v) is 7.06. The van der Waals surface area contributed by atoms with Gasteiger partial charge in [0.15, 0.2) is 18.1 Å². The average Bonchev–Trinajstić information content (AvgIpc) is 3.25. The summed E-state index contributed by atoms with van der Waals surface area (Å²) in [4.78, 5) is 0.0117. The number of rotatable bonds is 11. The number of hydrogen-bond acceptors (Lipinski definition) is 7. The lowest BCUT2D eigenvalue weighted by molar-refractivity contribution is -0.153. The zero-order chi connectivity index (χ0) is 25.8. The van der Waals surface area contributed by atoms with E-state index in [0.29, 0.717) is 17.1 Å². The minimum absolute atomic E-state index is 0.0115. The molecule has 0 aliphatic carbocycles. The Balaban J connectivity index is 1.67. The molecule has 0 radical (unpaired) electrons. The van der Waals surface area contributed by atoms with Crippen LogP contribution in [0.5, 0.6) is 17.2 Å². The van der Waals surface area contributed by atoms with Crippen molar-refractivity contribution in [1.82, 2.24) is 4.31 Å². The molecule has 3 N–H and O–H groups in total. The summed E-state index contributed by atoms with van der Waals surface area (Å²) >= 11 is 0. The van der Waals surface area contributed by atoms with E-state index in [4.69, 9.17) is 15.2 Å². The van der Waals surface area contributed by atoms with Crippen molar-refractivity contribution in [2.75, 3.05) is 26.5 Å². The molecular weight excluding hydrogens is 489 g/mol. The second-order valence-corrected chi connectivity index (χ2v) is 10.7. The van der Waals surface area contributed by atoms with Crippen LogP contribution < -0.4 is 19.9 Å². The highest BCUT2D eigenvalue weighted by molar-refractivity contribution is 7.89. The van der Waals surface area contributed by atoms with E-state index >= 15 is 0 Å². The Morgan fingerprint density at radius 1 is 1.09 bits per heavy atom. The first-order valence-electron chi connectivity index (χ1n) is 11.0. The van der Waals surface area contributed by atoms with Crippen LogP contribution in [0.25, 0.3) is 0 Å². The third kappa shape index (κ3) is 7.47. The number of benzene rings is 2. The molecule has 2 aromatic carbocycles. The van der Waals surface area contributed by atoms with Crippen LogP contribution in [-0.2, 0) is 16.4 Å². The molecule has 0 saturated heterocycles. The number of aliphatic hydroxyl groups excluding tert-OH is 1. The molecule has 1 heterocycles. The topological polar surface area (TPSA) is 111 Å². The van der Waals surface area contributed by atoms with Gasteiger partial charge >= 0.3 is 6.18 Å². The van der Waals surface area contributed by atoms with Crippen LogP contribution in [-0.4, -0.2) is 62.6 Å². The second kappa shape index (κ2) is 11.0. The molecule has 2 atom stereocenters. The quantitative estimate of drug-likeness (QED) is 0.471. The number of sulfonamides is 1. The lowest BCUT2D eigenvalue weighted by Crippen LogP contribution is -2.47. The Hall–Kier alpha value is -2.54. The minimum Gasteiger partial charge on any atom is -0.484 e. The minimum atomic E-state index is -4.44. The summed E-state index contributed by atoms with van der Waals surface area (Å²) in [5.41, 5.74) is 6.81. The van der Waals surface area contributed by atoms with E-state index < -0.39 is 35.0 Å². The summed E-state index contributed by atoms with van der Waals surface area (Å²) in [5, 5.41) is 10.7. The highest BCUT2D eigenvalue weighted by atomic mass is 32.2. The standard InChI is InChI=1S/C23H29F3N2O6S/c1-15(2)11-28(35(30,31)18-7-8-21-22(10-18)34-14-33-21)12-20(29)19(27)9-16-3-5-17(6-4-16)32-13-23(24,25)26/h3-8,10,15,19-20,29H,9,11-14,27H2,1-2H3/t19-,20?/m0/s1. The molecule has 1 aliphatic rings. The van der Waals surface area contributed by atoms with E-state index in [1.807, 2.05) is 13.8 Å². The van der Waals surface area contributed by atoms with Gasteiger partial charge in [0, 0.05) is 25.2 Å². The maximum atomic E-state index is 13.3. The Labute approximate surface area is 202 Å². The predicted octanol–water partition coefficient (Wildman–Crippen LogP) is 2.93. The summed E-state index contributed by atoms with van der Waals surface area (Å²) in [7, 11) is -3.97. The lowest BCUT2D eigenvalue weighted by Gasteiger charge is -2.28. The maximum absolute atomic E-state index is 13.3. The van der Waals surface area contributed by atoms with Gasteiger partial charge in [0.25, 0.3) is 0 Å². The average molecular weight is 519 g/mol. The first-order valence-corrected chi connectivity index (χ1v) is 12.4. The highest BCUT2D eigenvalue weighted by Gasteiger charge is 2.31. The fourth-order valence-corrected chi connectivity index (χ4v) is 5.14. The van der Waals surface area contributed by atoms with Gasteiger partial charge in [0.05, 0.1) is 11.0 Å². The van der Waals surface area contributed by atoms with Gasteiger partial charge in [-0.1, -0.05) is 26.0 Å². The molecule has 3 rings (SSSR count). The van der Waals surface area contributed by atoms with Crippen LogP contribution >= 0.6 is 0 Å². The molecule has 0 amide bonds. The van der Waals surface area contributed by atoms with Gasteiger partial charge in [-0.05, 0) is 42.2 Å². The zero-order valence-corrected chi connectivity index (χ0v) is 20.2. The van der Waals surface area contributed by atoms with Crippen LogP contribution in [0.2, 0.25) is 0 Å². The lowest BCUT2D eigenvalue weighted by atomic mass is 10.0. The molecule has 0 bridgehead atoms. The number of aliphatic hydroxyl groups is 1. The molecule has 0 saturated carbocycles. The molecule has 194 valence electrons. The van der Waals surface area contributed by atoms with Crippen molar-refractivity contribution in [1.29, 1.82) is 0 Å². The van der Waals surface area contributed by atoms with Crippen molar-refractivity contribution in [3.63, 3.8) is 0 Å². The number of fused-ring (bicyclic) bond motifs is 1. The molecule has 1 unspecified atom stereocenters.